The largest absolute Gasteiger partial charge is 0.493 e. The van der Waals surface area contributed by atoms with Crippen molar-refractivity contribution in [2.75, 3.05) is 47.0 Å². The van der Waals surface area contributed by atoms with Gasteiger partial charge in [0.1, 0.15) is 0 Å². The Labute approximate surface area is 212 Å². The third-order valence-corrected chi connectivity index (χ3v) is 6.45. The number of nitrogens with zero attached hydrogens (tertiary/aromatic N) is 3. The first-order valence-corrected chi connectivity index (χ1v) is 12.1. The van der Waals surface area contributed by atoms with Crippen molar-refractivity contribution < 1.29 is 19.1 Å². The van der Waals surface area contributed by atoms with Crippen LogP contribution in [0.5, 0.6) is 11.5 Å². The molecule has 1 fully saturated rings. The van der Waals surface area contributed by atoms with Gasteiger partial charge in [-0.25, -0.2) is 0 Å². The summed E-state index contributed by atoms with van der Waals surface area (Å²) in [7, 11) is 3.18. The fraction of sp³-hybridized carbons (Fsp3) is 0.310. The molecule has 1 aliphatic rings. The summed E-state index contributed by atoms with van der Waals surface area (Å²) in [5.41, 5.74) is 4.00. The minimum atomic E-state index is -0.0918. The second-order valence-electron chi connectivity index (χ2n) is 8.66. The number of carbonyl (C=O) groups is 1. The van der Waals surface area contributed by atoms with E-state index in [0.717, 1.165) is 18.7 Å². The average Bonchev–Trinajstić information content (AvgIpc) is 2.94. The first-order chi connectivity index (χ1) is 17.6. The summed E-state index contributed by atoms with van der Waals surface area (Å²) in [6, 6.07) is 26.7. The number of carbonyl (C=O) groups excluding carboxylic acids is 1. The van der Waals surface area contributed by atoms with E-state index in [1.54, 1.807) is 14.2 Å². The highest BCUT2D eigenvalue weighted by Crippen LogP contribution is 2.30. The number of methoxy groups -OCH3 is 2. The third kappa shape index (κ3) is 6.04. The Bertz CT molecular complexity index is 1120. The van der Waals surface area contributed by atoms with Crippen molar-refractivity contribution >= 4 is 11.6 Å². The summed E-state index contributed by atoms with van der Waals surface area (Å²) in [4.78, 5) is 22.5. The number of benzene rings is 3. The van der Waals surface area contributed by atoms with Crippen molar-refractivity contribution in [2.45, 2.75) is 13.0 Å². The molecule has 0 aromatic heterocycles. The minimum absolute atomic E-state index is 0.0607. The standard InChI is InChI=1S/C29H33N3O4/c1-22(25-14-15-26(34-2)27(20-25)35-3)30-36-21-28(33)31-16-18-32(19-17-31)29(23-10-6-4-7-11-23)24-12-8-5-9-13-24/h4-15,20,29H,16-19,21H2,1-3H3/b30-22-. The van der Waals surface area contributed by atoms with Crippen molar-refractivity contribution in [1.82, 2.24) is 9.80 Å². The molecule has 7 heteroatoms. The van der Waals surface area contributed by atoms with E-state index in [0.29, 0.717) is 30.3 Å². The predicted molar refractivity (Wildman–Crippen MR) is 141 cm³/mol. The highest BCUT2D eigenvalue weighted by molar-refractivity contribution is 5.99. The summed E-state index contributed by atoms with van der Waals surface area (Å²) >= 11 is 0. The molecule has 0 bridgehead atoms. The van der Waals surface area contributed by atoms with Gasteiger partial charge in [0.15, 0.2) is 18.1 Å². The maximum Gasteiger partial charge on any atom is 0.263 e. The fourth-order valence-corrected chi connectivity index (χ4v) is 4.50. The third-order valence-electron chi connectivity index (χ3n) is 6.45. The topological polar surface area (TPSA) is 63.6 Å². The van der Waals surface area contributed by atoms with Crippen LogP contribution in [0.3, 0.4) is 0 Å². The molecular weight excluding hydrogens is 454 g/mol. The Balaban J connectivity index is 1.34. The maximum atomic E-state index is 12.8. The van der Waals surface area contributed by atoms with E-state index in [9.17, 15) is 4.79 Å². The number of ether oxygens (including phenoxy) is 2. The van der Waals surface area contributed by atoms with Crippen LogP contribution in [0.25, 0.3) is 0 Å². The molecule has 0 radical (unpaired) electrons. The molecule has 1 amide bonds. The van der Waals surface area contributed by atoms with Gasteiger partial charge in [-0.1, -0.05) is 65.8 Å². The first kappa shape index (κ1) is 25.3. The molecule has 0 N–H and O–H groups in total. The summed E-state index contributed by atoms with van der Waals surface area (Å²) < 4.78 is 10.6. The lowest BCUT2D eigenvalue weighted by atomic mass is 9.96. The van der Waals surface area contributed by atoms with E-state index in [4.69, 9.17) is 14.3 Å². The fourth-order valence-electron chi connectivity index (χ4n) is 4.50. The van der Waals surface area contributed by atoms with Gasteiger partial charge in [0, 0.05) is 31.7 Å². The summed E-state index contributed by atoms with van der Waals surface area (Å²) in [6.45, 7) is 4.61. The molecule has 36 heavy (non-hydrogen) atoms. The second-order valence-corrected chi connectivity index (χ2v) is 8.66. The minimum Gasteiger partial charge on any atom is -0.493 e. The van der Waals surface area contributed by atoms with Crippen LogP contribution >= 0.6 is 0 Å². The lowest BCUT2D eigenvalue weighted by Crippen LogP contribution is -2.50. The van der Waals surface area contributed by atoms with Gasteiger partial charge in [-0.3, -0.25) is 9.69 Å². The molecule has 0 spiro atoms. The molecule has 1 heterocycles. The molecule has 1 aliphatic heterocycles. The Morgan fingerprint density at radius 3 is 1.97 bits per heavy atom. The van der Waals surface area contributed by atoms with Crippen LogP contribution in [0, 0.1) is 0 Å². The average molecular weight is 488 g/mol. The van der Waals surface area contributed by atoms with Crippen LogP contribution in [0.1, 0.15) is 29.7 Å². The molecule has 4 rings (SSSR count). The Hall–Kier alpha value is -3.84. The molecule has 0 unspecified atom stereocenters. The van der Waals surface area contributed by atoms with Gasteiger partial charge < -0.3 is 19.2 Å². The highest BCUT2D eigenvalue weighted by Gasteiger charge is 2.28. The van der Waals surface area contributed by atoms with Crippen LogP contribution in [-0.2, 0) is 9.63 Å². The zero-order valence-corrected chi connectivity index (χ0v) is 21.1. The monoisotopic (exact) mass is 487 g/mol. The lowest BCUT2D eigenvalue weighted by Gasteiger charge is -2.39. The quantitative estimate of drug-likeness (QED) is 0.331. The summed E-state index contributed by atoms with van der Waals surface area (Å²) in [5, 5.41) is 4.14. The lowest BCUT2D eigenvalue weighted by molar-refractivity contribution is -0.138. The van der Waals surface area contributed by atoms with Gasteiger partial charge in [0.25, 0.3) is 5.91 Å². The van der Waals surface area contributed by atoms with Crippen LogP contribution in [-0.4, -0.2) is 68.4 Å². The van der Waals surface area contributed by atoms with E-state index >= 15 is 0 Å². The van der Waals surface area contributed by atoms with Crippen molar-refractivity contribution in [1.29, 1.82) is 0 Å². The van der Waals surface area contributed by atoms with Crippen LogP contribution in [0.2, 0.25) is 0 Å². The highest BCUT2D eigenvalue weighted by atomic mass is 16.6. The molecule has 3 aromatic rings. The van der Waals surface area contributed by atoms with Gasteiger partial charge in [-0.15, -0.1) is 0 Å². The maximum absolute atomic E-state index is 12.8. The molecule has 0 aliphatic carbocycles. The zero-order chi connectivity index (χ0) is 25.3. The Morgan fingerprint density at radius 2 is 1.42 bits per heavy atom. The van der Waals surface area contributed by atoms with Gasteiger partial charge in [-0.2, -0.15) is 0 Å². The Morgan fingerprint density at radius 1 is 0.833 bits per heavy atom. The second kappa shape index (κ2) is 12.2. The van der Waals surface area contributed by atoms with Crippen LogP contribution in [0.4, 0.5) is 0 Å². The molecule has 0 saturated carbocycles. The van der Waals surface area contributed by atoms with E-state index in [-0.39, 0.29) is 18.6 Å². The van der Waals surface area contributed by atoms with Crippen LogP contribution < -0.4 is 9.47 Å². The zero-order valence-electron chi connectivity index (χ0n) is 21.1. The van der Waals surface area contributed by atoms with Gasteiger partial charge >= 0.3 is 0 Å². The smallest absolute Gasteiger partial charge is 0.263 e. The SMILES string of the molecule is COc1ccc(/C(C)=N\OCC(=O)N2CCN(C(c3ccccc3)c3ccccc3)CC2)cc1OC. The number of hydrogen-bond acceptors (Lipinski definition) is 6. The van der Waals surface area contributed by atoms with E-state index < -0.39 is 0 Å². The van der Waals surface area contributed by atoms with Gasteiger partial charge in [-0.05, 0) is 36.2 Å². The van der Waals surface area contributed by atoms with Crippen molar-refractivity contribution in [3.63, 3.8) is 0 Å². The van der Waals surface area contributed by atoms with Gasteiger partial charge in [0.2, 0.25) is 0 Å². The normalized spacial score (nSPS) is 14.6. The van der Waals surface area contributed by atoms with E-state index in [2.05, 4.69) is 58.6 Å². The Kier molecular flexibility index (Phi) is 8.57. The van der Waals surface area contributed by atoms with Crippen molar-refractivity contribution in [2.24, 2.45) is 5.16 Å². The van der Waals surface area contributed by atoms with Crippen molar-refractivity contribution in [3.8, 4) is 11.5 Å². The van der Waals surface area contributed by atoms with E-state index in [1.807, 2.05) is 42.2 Å². The molecule has 1 saturated heterocycles. The first-order valence-electron chi connectivity index (χ1n) is 12.1. The van der Waals surface area contributed by atoms with Crippen LogP contribution in [0.15, 0.2) is 84.0 Å². The summed E-state index contributed by atoms with van der Waals surface area (Å²) in [5.74, 6) is 1.20. The molecule has 188 valence electrons. The number of amides is 1. The van der Waals surface area contributed by atoms with Gasteiger partial charge in [0.05, 0.1) is 26.0 Å². The summed E-state index contributed by atoms with van der Waals surface area (Å²) in [6.07, 6.45) is 0. The number of piperazine rings is 1. The predicted octanol–water partition coefficient (Wildman–Crippen LogP) is 4.38. The van der Waals surface area contributed by atoms with Crippen molar-refractivity contribution in [3.05, 3.63) is 95.6 Å². The molecular formula is C29H33N3O4. The van der Waals surface area contributed by atoms with E-state index in [1.165, 1.54) is 11.1 Å². The molecule has 3 aromatic carbocycles. The molecule has 0 atom stereocenters. The number of hydrogen-bond donors (Lipinski definition) is 0. The number of oxime groups is 1. The molecule has 7 nitrogen and oxygen atoms in total. The number of rotatable bonds is 9.